The highest BCUT2D eigenvalue weighted by Crippen LogP contribution is 2.23. The monoisotopic (exact) mass is 380 g/mol. The summed E-state index contributed by atoms with van der Waals surface area (Å²) in [6.45, 7) is 1.94. The summed E-state index contributed by atoms with van der Waals surface area (Å²) in [6.07, 6.45) is 3.05. The van der Waals surface area contributed by atoms with Crippen molar-refractivity contribution in [3.05, 3.63) is 59.2 Å². The smallest absolute Gasteiger partial charge is 0.335 e. The SMILES string of the molecule is Cc1ccccc1Nc1ccc(C(=O)O)cc1/C=N\NC(=O)C(=O)NC1CC1. The van der Waals surface area contributed by atoms with E-state index in [-0.39, 0.29) is 11.6 Å². The summed E-state index contributed by atoms with van der Waals surface area (Å²) in [5.41, 5.74) is 5.16. The van der Waals surface area contributed by atoms with Gasteiger partial charge in [-0.05, 0) is 49.6 Å². The number of nitrogens with zero attached hydrogens (tertiary/aromatic N) is 1. The van der Waals surface area contributed by atoms with E-state index < -0.39 is 17.8 Å². The Morgan fingerprint density at radius 1 is 1.07 bits per heavy atom. The van der Waals surface area contributed by atoms with Gasteiger partial charge in [-0.15, -0.1) is 0 Å². The lowest BCUT2D eigenvalue weighted by atomic mass is 10.1. The maximum absolute atomic E-state index is 11.7. The second-order valence-electron chi connectivity index (χ2n) is 6.49. The molecular formula is C20H20N4O4. The number of carbonyl (C=O) groups excluding carboxylic acids is 2. The van der Waals surface area contributed by atoms with Gasteiger partial charge in [-0.1, -0.05) is 18.2 Å². The highest BCUT2D eigenvalue weighted by atomic mass is 16.4. The molecule has 3 rings (SSSR count). The Kier molecular flexibility index (Phi) is 5.69. The molecule has 8 nitrogen and oxygen atoms in total. The minimum absolute atomic E-state index is 0.0689. The average molecular weight is 380 g/mol. The van der Waals surface area contributed by atoms with Crippen LogP contribution >= 0.6 is 0 Å². The number of anilines is 2. The van der Waals surface area contributed by atoms with Crippen molar-refractivity contribution in [2.45, 2.75) is 25.8 Å². The molecule has 0 heterocycles. The molecule has 144 valence electrons. The van der Waals surface area contributed by atoms with Gasteiger partial charge in [0.2, 0.25) is 0 Å². The molecule has 0 bridgehead atoms. The van der Waals surface area contributed by atoms with Crippen molar-refractivity contribution in [2.75, 3.05) is 5.32 Å². The minimum atomic E-state index is -1.08. The fourth-order valence-electron chi connectivity index (χ4n) is 2.46. The van der Waals surface area contributed by atoms with Crippen molar-refractivity contribution in [3.63, 3.8) is 0 Å². The highest BCUT2D eigenvalue weighted by molar-refractivity contribution is 6.35. The van der Waals surface area contributed by atoms with Gasteiger partial charge in [0, 0.05) is 23.0 Å². The molecule has 4 N–H and O–H groups in total. The van der Waals surface area contributed by atoms with Crippen LogP contribution in [0.2, 0.25) is 0 Å². The normalized spacial score (nSPS) is 13.2. The maximum Gasteiger partial charge on any atom is 0.335 e. The van der Waals surface area contributed by atoms with Crippen LogP contribution in [-0.2, 0) is 9.59 Å². The van der Waals surface area contributed by atoms with Crippen molar-refractivity contribution in [3.8, 4) is 0 Å². The van der Waals surface area contributed by atoms with E-state index >= 15 is 0 Å². The molecule has 0 atom stereocenters. The molecule has 1 aliphatic carbocycles. The number of hydrazone groups is 1. The first-order valence-corrected chi connectivity index (χ1v) is 8.78. The fraction of sp³-hybridized carbons (Fsp3) is 0.200. The molecule has 28 heavy (non-hydrogen) atoms. The molecule has 1 aliphatic rings. The topological polar surface area (TPSA) is 120 Å². The number of hydrogen-bond acceptors (Lipinski definition) is 5. The predicted molar refractivity (Wildman–Crippen MR) is 105 cm³/mol. The van der Waals surface area contributed by atoms with Crippen LogP contribution in [0.15, 0.2) is 47.6 Å². The number of rotatable bonds is 6. The van der Waals surface area contributed by atoms with Crippen LogP contribution < -0.4 is 16.1 Å². The number of aromatic carboxylic acids is 1. The third-order valence-corrected chi connectivity index (χ3v) is 4.20. The van der Waals surface area contributed by atoms with Gasteiger partial charge >= 0.3 is 17.8 Å². The van der Waals surface area contributed by atoms with Crippen molar-refractivity contribution in [1.82, 2.24) is 10.7 Å². The third-order valence-electron chi connectivity index (χ3n) is 4.20. The Morgan fingerprint density at radius 2 is 1.82 bits per heavy atom. The molecule has 0 aliphatic heterocycles. The lowest BCUT2D eigenvalue weighted by Crippen LogP contribution is -2.38. The van der Waals surface area contributed by atoms with Crippen LogP contribution in [0.4, 0.5) is 11.4 Å². The number of carboxylic acids is 1. The van der Waals surface area contributed by atoms with Gasteiger partial charge in [-0.3, -0.25) is 9.59 Å². The van der Waals surface area contributed by atoms with Crippen LogP contribution in [0.1, 0.15) is 34.3 Å². The first-order chi connectivity index (χ1) is 13.4. The quantitative estimate of drug-likeness (QED) is 0.348. The summed E-state index contributed by atoms with van der Waals surface area (Å²) in [7, 11) is 0. The standard InChI is InChI=1S/C20H20N4O4/c1-12-4-2-3-5-16(12)23-17-9-6-13(20(27)28)10-14(17)11-21-24-19(26)18(25)22-15-7-8-15/h2-6,9-11,15,23H,7-8H2,1H3,(H,22,25)(H,24,26)(H,27,28)/b21-11-. The van der Waals surface area contributed by atoms with E-state index in [4.69, 9.17) is 0 Å². The molecule has 0 spiro atoms. The Labute approximate surface area is 161 Å². The van der Waals surface area contributed by atoms with E-state index in [1.807, 2.05) is 31.2 Å². The Balaban J connectivity index is 1.77. The second-order valence-corrected chi connectivity index (χ2v) is 6.49. The molecule has 1 fully saturated rings. The Hall–Kier alpha value is -3.68. The molecule has 8 heteroatoms. The van der Waals surface area contributed by atoms with Crippen LogP contribution in [0, 0.1) is 6.92 Å². The van der Waals surface area contributed by atoms with E-state index in [9.17, 15) is 19.5 Å². The number of para-hydroxylation sites is 1. The summed E-state index contributed by atoms with van der Waals surface area (Å²) in [4.78, 5) is 34.7. The van der Waals surface area contributed by atoms with Gasteiger partial charge in [0.25, 0.3) is 0 Å². The van der Waals surface area contributed by atoms with Gasteiger partial charge in [0.15, 0.2) is 0 Å². The van der Waals surface area contributed by atoms with Crippen LogP contribution in [0.25, 0.3) is 0 Å². The summed E-state index contributed by atoms with van der Waals surface area (Å²) in [6, 6.07) is 12.2. The zero-order valence-corrected chi connectivity index (χ0v) is 15.2. The van der Waals surface area contributed by atoms with Crippen molar-refractivity contribution < 1.29 is 19.5 Å². The van der Waals surface area contributed by atoms with Crippen molar-refractivity contribution >= 4 is 35.4 Å². The van der Waals surface area contributed by atoms with Crippen molar-refractivity contribution in [1.29, 1.82) is 0 Å². The fourth-order valence-corrected chi connectivity index (χ4v) is 2.46. The number of benzene rings is 2. The first-order valence-electron chi connectivity index (χ1n) is 8.78. The van der Waals surface area contributed by atoms with E-state index in [1.54, 1.807) is 6.07 Å². The molecule has 1 saturated carbocycles. The number of hydrogen-bond donors (Lipinski definition) is 4. The Bertz CT molecular complexity index is 951. The minimum Gasteiger partial charge on any atom is -0.478 e. The summed E-state index contributed by atoms with van der Waals surface area (Å²) >= 11 is 0. The van der Waals surface area contributed by atoms with Crippen LogP contribution in [-0.4, -0.2) is 35.1 Å². The first kappa shape index (κ1) is 19.1. The van der Waals surface area contributed by atoms with Crippen molar-refractivity contribution in [2.24, 2.45) is 5.10 Å². The van der Waals surface area contributed by atoms with Gasteiger partial charge in [-0.2, -0.15) is 5.10 Å². The Morgan fingerprint density at radius 3 is 2.50 bits per heavy atom. The molecular weight excluding hydrogens is 360 g/mol. The molecule has 2 aromatic carbocycles. The largest absolute Gasteiger partial charge is 0.478 e. The van der Waals surface area contributed by atoms with Gasteiger partial charge < -0.3 is 15.7 Å². The van der Waals surface area contributed by atoms with E-state index in [0.29, 0.717) is 11.3 Å². The van der Waals surface area contributed by atoms with E-state index in [1.165, 1.54) is 18.3 Å². The van der Waals surface area contributed by atoms with Crippen LogP contribution in [0.3, 0.4) is 0 Å². The van der Waals surface area contributed by atoms with Gasteiger partial charge in [-0.25, -0.2) is 10.2 Å². The summed E-state index contributed by atoms with van der Waals surface area (Å²) < 4.78 is 0. The number of aryl methyl sites for hydroxylation is 1. The maximum atomic E-state index is 11.7. The lowest BCUT2D eigenvalue weighted by molar-refractivity contribution is -0.139. The average Bonchev–Trinajstić information content (AvgIpc) is 3.48. The molecule has 0 unspecified atom stereocenters. The van der Waals surface area contributed by atoms with Gasteiger partial charge in [0.1, 0.15) is 0 Å². The molecule has 0 radical (unpaired) electrons. The molecule has 2 aromatic rings. The molecule has 0 saturated heterocycles. The molecule has 2 amide bonds. The van der Waals surface area contributed by atoms with E-state index in [2.05, 4.69) is 21.2 Å². The zero-order chi connectivity index (χ0) is 20.1. The summed E-state index contributed by atoms with van der Waals surface area (Å²) in [5, 5.41) is 18.8. The molecule has 0 aromatic heterocycles. The van der Waals surface area contributed by atoms with Gasteiger partial charge in [0.05, 0.1) is 11.8 Å². The highest BCUT2D eigenvalue weighted by Gasteiger charge is 2.26. The second kappa shape index (κ2) is 8.34. The zero-order valence-electron chi connectivity index (χ0n) is 15.2. The number of amides is 2. The third kappa shape index (κ3) is 4.94. The number of carbonyl (C=O) groups is 3. The lowest BCUT2D eigenvalue weighted by Gasteiger charge is -2.12. The van der Waals surface area contributed by atoms with Crippen LogP contribution in [0.5, 0.6) is 0 Å². The predicted octanol–water partition coefficient (Wildman–Crippen LogP) is 2.17. The number of carboxylic acid groups (broad SMARTS) is 1. The summed E-state index contributed by atoms with van der Waals surface area (Å²) in [5.74, 6) is -2.69. The van der Waals surface area contributed by atoms with E-state index in [0.717, 1.165) is 24.1 Å². The number of nitrogens with one attached hydrogen (secondary N) is 3.